The van der Waals surface area contributed by atoms with E-state index in [4.69, 9.17) is 28.6 Å². The SMILES string of the molecule is CCOc1ccccc1CNC(=S)Nc1ccc(Br)c(Cl)c1. The Kier molecular flexibility index (Phi) is 6.49. The van der Waals surface area contributed by atoms with Crippen LogP contribution in [0, 0.1) is 0 Å². The van der Waals surface area contributed by atoms with Gasteiger partial charge in [0.2, 0.25) is 0 Å². The first-order valence-electron chi connectivity index (χ1n) is 6.80. The lowest BCUT2D eigenvalue weighted by atomic mass is 10.2. The lowest BCUT2D eigenvalue weighted by Gasteiger charge is -2.13. The van der Waals surface area contributed by atoms with Crippen molar-refractivity contribution in [3.05, 3.63) is 57.5 Å². The second-order valence-corrected chi connectivity index (χ2v) is 6.15. The fraction of sp³-hybridized carbons (Fsp3) is 0.188. The van der Waals surface area contributed by atoms with E-state index in [0.29, 0.717) is 23.3 Å². The van der Waals surface area contributed by atoms with E-state index >= 15 is 0 Å². The average Bonchev–Trinajstić information content (AvgIpc) is 2.50. The maximum atomic E-state index is 6.06. The van der Waals surface area contributed by atoms with Crippen LogP contribution in [0.2, 0.25) is 5.02 Å². The van der Waals surface area contributed by atoms with E-state index in [-0.39, 0.29) is 0 Å². The minimum absolute atomic E-state index is 0.532. The van der Waals surface area contributed by atoms with Gasteiger partial charge < -0.3 is 15.4 Å². The normalized spacial score (nSPS) is 10.1. The topological polar surface area (TPSA) is 33.3 Å². The summed E-state index contributed by atoms with van der Waals surface area (Å²) in [6, 6.07) is 13.5. The molecule has 0 aliphatic carbocycles. The van der Waals surface area contributed by atoms with E-state index in [9.17, 15) is 0 Å². The molecule has 0 amide bonds. The van der Waals surface area contributed by atoms with Gasteiger partial charge in [-0.1, -0.05) is 29.8 Å². The van der Waals surface area contributed by atoms with E-state index < -0.39 is 0 Å². The van der Waals surface area contributed by atoms with Gasteiger partial charge in [-0.25, -0.2) is 0 Å². The second-order valence-electron chi connectivity index (χ2n) is 4.48. The molecule has 0 unspecified atom stereocenters. The standard InChI is InChI=1S/C16H16BrClN2OS/c1-2-21-15-6-4-3-5-11(15)10-19-16(22)20-12-7-8-13(17)14(18)9-12/h3-9H,2,10H2,1H3,(H2,19,20,22). The van der Waals surface area contributed by atoms with E-state index in [2.05, 4.69) is 26.6 Å². The molecule has 0 fully saturated rings. The van der Waals surface area contributed by atoms with Crippen LogP contribution in [-0.4, -0.2) is 11.7 Å². The Morgan fingerprint density at radius 3 is 2.77 bits per heavy atom. The molecule has 0 saturated heterocycles. The monoisotopic (exact) mass is 398 g/mol. The summed E-state index contributed by atoms with van der Waals surface area (Å²) in [5.41, 5.74) is 1.89. The highest BCUT2D eigenvalue weighted by Crippen LogP contribution is 2.25. The van der Waals surface area contributed by atoms with Crippen molar-refractivity contribution in [2.45, 2.75) is 13.5 Å². The van der Waals surface area contributed by atoms with Crippen molar-refractivity contribution in [3.63, 3.8) is 0 Å². The van der Waals surface area contributed by atoms with Crippen LogP contribution in [0.1, 0.15) is 12.5 Å². The predicted molar refractivity (Wildman–Crippen MR) is 99.8 cm³/mol. The van der Waals surface area contributed by atoms with Crippen molar-refractivity contribution in [2.24, 2.45) is 0 Å². The van der Waals surface area contributed by atoms with Gasteiger partial charge in [-0.3, -0.25) is 0 Å². The zero-order valence-electron chi connectivity index (χ0n) is 12.0. The summed E-state index contributed by atoms with van der Waals surface area (Å²) in [7, 11) is 0. The number of halogens is 2. The first-order valence-corrected chi connectivity index (χ1v) is 8.38. The molecule has 0 saturated carbocycles. The molecule has 0 aliphatic rings. The third-order valence-corrected chi connectivity index (χ3v) is 4.37. The summed E-state index contributed by atoms with van der Waals surface area (Å²) in [5.74, 6) is 0.868. The molecule has 0 heterocycles. The largest absolute Gasteiger partial charge is 0.494 e. The number of rotatable bonds is 5. The molecule has 0 atom stereocenters. The lowest BCUT2D eigenvalue weighted by molar-refractivity contribution is 0.336. The average molecular weight is 400 g/mol. The molecule has 3 nitrogen and oxygen atoms in total. The van der Waals surface area contributed by atoms with E-state index in [0.717, 1.165) is 21.5 Å². The zero-order valence-corrected chi connectivity index (χ0v) is 15.2. The molecule has 0 bridgehead atoms. The van der Waals surface area contributed by atoms with Crippen molar-refractivity contribution in [1.29, 1.82) is 0 Å². The maximum Gasteiger partial charge on any atom is 0.171 e. The van der Waals surface area contributed by atoms with Gasteiger partial charge in [0.1, 0.15) is 5.75 Å². The predicted octanol–water partition coefficient (Wildman–Crippen LogP) is 4.99. The number of anilines is 1. The first-order chi connectivity index (χ1) is 10.6. The molecule has 116 valence electrons. The molecule has 0 radical (unpaired) electrons. The van der Waals surface area contributed by atoms with E-state index in [1.165, 1.54) is 0 Å². The lowest BCUT2D eigenvalue weighted by Crippen LogP contribution is -2.28. The smallest absolute Gasteiger partial charge is 0.171 e. The molecular weight excluding hydrogens is 384 g/mol. The Morgan fingerprint density at radius 1 is 1.27 bits per heavy atom. The van der Waals surface area contributed by atoms with Gasteiger partial charge in [0, 0.05) is 22.3 Å². The zero-order chi connectivity index (χ0) is 15.9. The summed E-state index contributed by atoms with van der Waals surface area (Å²) < 4.78 is 6.44. The maximum absolute atomic E-state index is 6.06. The Hall–Kier alpha value is -1.30. The molecule has 2 N–H and O–H groups in total. The summed E-state index contributed by atoms with van der Waals surface area (Å²) in [5, 5.41) is 7.44. The first kappa shape index (κ1) is 17.1. The van der Waals surface area contributed by atoms with Crippen molar-refractivity contribution in [2.75, 3.05) is 11.9 Å². The molecule has 6 heteroatoms. The molecule has 2 aromatic rings. The van der Waals surface area contributed by atoms with Crippen LogP contribution in [0.3, 0.4) is 0 Å². The van der Waals surface area contributed by atoms with Gasteiger partial charge in [0.15, 0.2) is 5.11 Å². The van der Waals surface area contributed by atoms with Gasteiger partial charge in [-0.15, -0.1) is 0 Å². The molecule has 0 aromatic heterocycles. The van der Waals surface area contributed by atoms with Crippen LogP contribution >= 0.6 is 39.7 Å². The second kappa shape index (κ2) is 8.36. The minimum atomic E-state index is 0.532. The highest BCUT2D eigenvalue weighted by molar-refractivity contribution is 9.10. The van der Waals surface area contributed by atoms with E-state index in [1.54, 1.807) is 0 Å². The molecule has 0 aliphatic heterocycles. The van der Waals surface area contributed by atoms with Gasteiger partial charge in [0.05, 0.1) is 11.6 Å². The molecular formula is C16H16BrClN2OS. The number of ether oxygens (including phenoxy) is 1. The van der Waals surface area contributed by atoms with Crippen LogP contribution < -0.4 is 15.4 Å². The minimum Gasteiger partial charge on any atom is -0.494 e. The Balaban J connectivity index is 1.94. The molecule has 2 aromatic carbocycles. The molecule has 2 rings (SSSR count). The number of thiocarbonyl (C=S) groups is 1. The summed E-state index contributed by atoms with van der Waals surface area (Å²) in [6.07, 6.45) is 0. The Bertz CT molecular complexity index is 666. The third kappa shape index (κ3) is 4.87. The van der Waals surface area contributed by atoms with Crippen molar-refractivity contribution >= 4 is 50.5 Å². The fourth-order valence-electron chi connectivity index (χ4n) is 1.87. The summed E-state index contributed by atoms with van der Waals surface area (Å²) in [4.78, 5) is 0. The number of hydrogen-bond acceptors (Lipinski definition) is 2. The molecule has 0 spiro atoms. The van der Waals surface area contributed by atoms with Crippen molar-refractivity contribution in [1.82, 2.24) is 5.32 Å². The number of benzene rings is 2. The number of para-hydroxylation sites is 1. The van der Waals surface area contributed by atoms with Gasteiger partial charge in [0.25, 0.3) is 0 Å². The number of nitrogens with one attached hydrogen (secondary N) is 2. The Labute approximate surface area is 149 Å². The van der Waals surface area contributed by atoms with Crippen LogP contribution in [-0.2, 0) is 6.54 Å². The van der Waals surface area contributed by atoms with Gasteiger partial charge >= 0.3 is 0 Å². The summed E-state index contributed by atoms with van der Waals surface area (Å²) in [6.45, 7) is 3.19. The van der Waals surface area contributed by atoms with Crippen LogP contribution in [0.4, 0.5) is 5.69 Å². The van der Waals surface area contributed by atoms with Crippen LogP contribution in [0.5, 0.6) is 5.75 Å². The molecule has 22 heavy (non-hydrogen) atoms. The quantitative estimate of drug-likeness (QED) is 0.694. The van der Waals surface area contributed by atoms with Gasteiger partial charge in [-0.05, 0) is 59.3 Å². The van der Waals surface area contributed by atoms with Crippen molar-refractivity contribution < 1.29 is 4.74 Å². The van der Waals surface area contributed by atoms with E-state index in [1.807, 2.05) is 49.4 Å². The van der Waals surface area contributed by atoms with Crippen molar-refractivity contribution in [3.8, 4) is 5.75 Å². The van der Waals surface area contributed by atoms with Crippen LogP contribution in [0.15, 0.2) is 46.9 Å². The fourth-order valence-corrected chi connectivity index (χ4v) is 2.49. The van der Waals surface area contributed by atoms with Crippen LogP contribution in [0.25, 0.3) is 0 Å². The third-order valence-electron chi connectivity index (χ3n) is 2.89. The number of hydrogen-bond donors (Lipinski definition) is 2. The summed E-state index contributed by atoms with van der Waals surface area (Å²) >= 11 is 14.7. The van der Waals surface area contributed by atoms with Gasteiger partial charge in [-0.2, -0.15) is 0 Å². The Morgan fingerprint density at radius 2 is 2.05 bits per heavy atom. The highest BCUT2D eigenvalue weighted by atomic mass is 79.9. The highest BCUT2D eigenvalue weighted by Gasteiger charge is 2.04.